The molecule has 0 radical (unpaired) electrons. The number of carbonyl (C=O) groups excluding carboxylic acids is 1. The normalized spacial score (nSPS) is 13.4. The first-order valence-corrected chi connectivity index (χ1v) is 12.0. The van der Waals surface area contributed by atoms with E-state index in [1.54, 1.807) is 35.0 Å². The van der Waals surface area contributed by atoms with E-state index in [2.05, 4.69) is 0 Å². The van der Waals surface area contributed by atoms with Crippen LogP contribution in [0.5, 0.6) is 0 Å². The Kier molecular flexibility index (Phi) is 17.4. The van der Waals surface area contributed by atoms with Crippen LogP contribution in [0.25, 0.3) is 0 Å². The molecule has 0 spiro atoms. The average molecular weight is 473 g/mol. The number of methoxy groups -OCH3 is 3. The molecule has 1 atom stereocenters. The standard InChI is InChI=1S/C19H40O11Si/c1-8-25-19(16-23-7,26-9-2)30-31(27-14-12-21-5,28-15-13-22-6)29-17(3)10-11-24-18(4)20/h17H,8-16H2,1-7H3. The van der Waals surface area contributed by atoms with Gasteiger partial charge in [0.05, 0.1) is 39.1 Å². The van der Waals surface area contributed by atoms with Crippen LogP contribution in [0.1, 0.15) is 34.1 Å². The van der Waals surface area contributed by atoms with Gasteiger partial charge < -0.3 is 41.7 Å². The Morgan fingerprint density at radius 2 is 1.42 bits per heavy atom. The Balaban J connectivity index is 5.76. The molecule has 0 heterocycles. The van der Waals surface area contributed by atoms with Gasteiger partial charge in [-0.1, -0.05) is 0 Å². The first-order valence-electron chi connectivity index (χ1n) is 10.4. The van der Waals surface area contributed by atoms with Crippen LogP contribution in [0.2, 0.25) is 0 Å². The summed E-state index contributed by atoms with van der Waals surface area (Å²) in [5.74, 6) is -1.97. The molecule has 0 amide bonds. The van der Waals surface area contributed by atoms with Gasteiger partial charge in [0.2, 0.25) is 0 Å². The van der Waals surface area contributed by atoms with Crippen LogP contribution in [0.15, 0.2) is 0 Å². The molecule has 12 heteroatoms. The lowest BCUT2D eigenvalue weighted by molar-refractivity contribution is -0.378. The third-order valence-corrected chi connectivity index (χ3v) is 6.01. The van der Waals surface area contributed by atoms with Crippen LogP contribution in [0, 0.1) is 0 Å². The summed E-state index contributed by atoms with van der Waals surface area (Å²) in [5, 5.41) is 0. The van der Waals surface area contributed by atoms with Crippen molar-refractivity contribution in [2.45, 2.75) is 46.2 Å². The number of hydrogen-bond donors (Lipinski definition) is 0. The maximum atomic E-state index is 11.1. The van der Waals surface area contributed by atoms with Gasteiger partial charge >= 0.3 is 21.0 Å². The van der Waals surface area contributed by atoms with E-state index in [0.29, 0.717) is 6.42 Å². The zero-order valence-corrected chi connectivity index (χ0v) is 20.9. The minimum atomic E-state index is -3.89. The second-order valence-corrected chi connectivity index (χ2v) is 8.34. The zero-order valence-electron chi connectivity index (χ0n) is 19.9. The fraction of sp³-hybridized carbons (Fsp3) is 0.947. The highest BCUT2D eigenvalue weighted by Crippen LogP contribution is 2.27. The molecule has 0 aliphatic carbocycles. The van der Waals surface area contributed by atoms with Crippen molar-refractivity contribution >= 4 is 15.0 Å². The van der Waals surface area contributed by atoms with Crippen molar-refractivity contribution < 1.29 is 50.9 Å². The fourth-order valence-electron chi connectivity index (χ4n) is 2.39. The minimum absolute atomic E-state index is 0.0457. The van der Waals surface area contributed by atoms with Gasteiger partial charge in [-0.2, -0.15) is 0 Å². The predicted octanol–water partition coefficient (Wildman–Crippen LogP) is 1.50. The van der Waals surface area contributed by atoms with Crippen molar-refractivity contribution in [2.75, 3.05) is 74.2 Å². The summed E-state index contributed by atoms with van der Waals surface area (Å²) in [6.07, 6.45) is -0.0286. The van der Waals surface area contributed by atoms with Gasteiger partial charge in [0, 0.05) is 47.9 Å². The lowest BCUT2D eigenvalue weighted by Crippen LogP contribution is -2.60. The monoisotopic (exact) mass is 472 g/mol. The molecule has 0 rings (SSSR count). The van der Waals surface area contributed by atoms with Crippen molar-refractivity contribution in [2.24, 2.45) is 0 Å². The molecule has 0 aromatic heterocycles. The minimum Gasteiger partial charge on any atom is -0.466 e. The molecular formula is C19H40O11Si. The van der Waals surface area contributed by atoms with Crippen LogP contribution < -0.4 is 0 Å². The highest BCUT2D eigenvalue weighted by atomic mass is 28.4. The van der Waals surface area contributed by atoms with Crippen molar-refractivity contribution in [1.29, 1.82) is 0 Å². The predicted molar refractivity (Wildman–Crippen MR) is 112 cm³/mol. The highest BCUT2D eigenvalue weighted by Gasteiger charge is 2.55. The zero-order chi connectivity index (χ0) is 23.6. The van der Waals surface area contributed by atoms with Crippen molar-refractivity contribution in [1.82, 2.24) is 0 Å². The smallest absolute Gasteiger partial charge is 0.466 e. The Hall–Kier alpha value is -0.673. The van der Waals surface area contributed by atoms with Crippen LogP contribution in [0.4, 0.5) is 0 Å². The molecule has 11 nitrogen and oxygen atoms in total. The first kappa shape index (κ1) is 30.3. The highest BCUT2D eigenvalue weighted by molar-refractivity contribution is 6.53. The Morgan fingerprint density at radius 3 is 1.84 bits per heavy atom. The molecule has 0 aromatic carbocycles. The van der Waals surface area contributed by atoms with Gasteiger partial charge in [0.25, 0.3) is 0 Å². The Labute approximate surface area is 186 Å². The van der Waals surface area contributed by atoms with Crippen molar-refractivity contribution in [3.63, 3.8) is 0 Å². The molecule has 0 fully saturated rings. The molecule has 0 aromatic rings. The second-order valence-electron chi connectivity index (χ2n) is 6.32. The Bertz CT molecular complexity index is 426. The molecule has 186 valence electrons. The van der Waals surface area contributed by atoms with Crippen molar-refractivity contribution in [3.05, 3.63) is 0 Å². The number of ether oxygens (including phenoxy) is 6. The molecule has 0 aliphatic heterocycles. The summed E-state index contributed by atoms with van der Waals surface area (Å²) >= 11 is 0. The van der Waals surface area contributed by atoms with Gasteiger partial charge in [-0.15, -0.1) is 0 Å². The maximum Gasteiger partial charge on any atom is 0.684 e. The van der Waals surface area contributed by atoms with E-state index in [4.69, 9.17) is 46.1 Å². The second kappa shape index (κ2) is 17.8. The van der Waals surface area contributed by atoms with E-state index in [1.165, 1.54) is 14.0 Å². The molecule has 0 N–H and O–H groups in total. The fourth-order valence-corrected chi connectivity index (χ4v) is 4.61. The van der Waals surface area contributed by atoms with Crippen LogP contribution >= 0.6 is 0 Å². The summed E-state index contributed by atoms with van der Waals surface area (Å²) in [5.41, 5.74) is 0. The quantitative estimate of drug-likeness (QED) is 0.105. The van der Waals surface area contributed by atoms with Crippen LogP contribution in [-0.2, 0) is 50.9 Å². The van der Waals surface area contributed by atoms with Gasteiger partial charge in [-0.25, -0.2) is 0 Å². The van der Waals surface area contributed by atoms with Gasteiger partial charge in [-0.05, 0) is 20.8 Å². The Morgan fingerprint density at radius 1 is 0.871 bits per heavy atom. The summed E-state index contributed by atoms with van der Waals surface area (Å²) in [4.78, 5) is 11.1. The van der Waals surface area contributed by atoms with E-state index in [9.17, 15) is 4.79 Å². The molecule has 0 saturated heterocycles. The van der Waals surface area contributed by atoms with E-state index in [-0.39, 0.29) is 58.8 Å². The maximum absolute atomic E-state index is 11.1. The van der Waals surface area contributed by atoms with Crippen LogP contribution in [-0.4, -0.2) is 101 Å². The third-order valence-electron chi connectivity index (χ3n) is 3.64. The van der Waals surface area contributed by atoms with Crippen LogP contribution in [0.3, 0.4) is 0 Å². The summed E-state index contributed by atoms with van der Waals surface area (Å²) in [6.45, 7) is 8.32. The summed E-state index contributed by atoms with van der Waals surface area (Å²) in [6, 6.07) is 0. The summed E-state index contributed by atoms with van der Waals surface area (Å²) in [7, 11) is 0.718. The third kappa shape index (κ3) is 13.5. The molecule has 31 heavy (non-hydrogen) atoms. The number of hydrogen-bond acceptors (Lipinski definition) is 11. The SMILES string of the molecule is CCOC(COC)(OCC)O[Si](OCCOC)(OCCOC)OC(C)CCOC(C)=O. The van der Waals surface area contributed by atoms with Crippen molar-refractivity contribution in [3.8, 4) is 0 Å². The first-order chi connectivity index (χ1) is 14.8. The average Bonchev–Trinajstić information content (AvgIpc) is 2.68. The van der Waals surface area contributed by atoms with E-state index in [0.717, 1.165) is 0 Å². The largest absolute Gasteiger partial charge is 0.684 e. The topological polar surface area (TPSA) is 109 Å². The molecule has 1 unspecified atom stereocenters. The van der Waals surface area contributed by atoms with E-state index < -0.39 is 21.1 Å². The van der Waals surface area contributed by atoms with Gasteiger partial charge in [0.15, 0.2) is 0 Å². The molecule has 0 aliphatic rings. The molecule has 0 saturated carbocycles. The van der Waals surface area contributed by atoms with E-state index >= 15 is 0 Å². The van der Waals surface area contributed by atoms with Gasteiger partial charge in [0.1, 0.15) is 6.61 Å². The number of esters is 1. The lowest BCUT2D eigenvalue weighted by atomic mass is 10.3. The van der Waals surface area contributed by atoms with Gasteiger partial charge in [-0.3, -0.25) is 9.22 Å². The molecule has 0 bridgehead atoms. The summed E-state index contributed by atoms with van der Waals surface area (Å²) < 4.78 is 56.3. The number of rotatable bonds is 21. The van der Waals surface area contributed by atoms with E-state index in [1.807, 2.05) is 0 Å². The molecular weight excluding hydrogens is 432 g/mol. The number of carbonyl (C=O) groups is 1. The lowest BCUT2D eigenvalue weighted by Gasteiger charge is -2.39.